The van der Waals surface area contributed by atoms with Gasteiger partial charge in [-0.25, -0.2) is 0 Å². The van der Waals surface area contributed by atoms with Gasteiger partial charge in [0.05, 0.1) is 0 Å². The molecule has 2 heteroatoms. The third-order valence-corrected chi connectivity index (χ3v) is 4.18. The van der Waals surface area contributed by atoms with Crippen molar-refractivity contribution >= 4 is 17.4 Å². The van der Waals surface area contributed by atoms with Crippen LogP contribution in [0.15, 0.2) is 29.2 Å². The van der Waals surface area contributed by atoms with Crippen molar-refractivity contribution in [2.24, 2.45) is 0 Å². The fourth-order valence-corrected chi connectivity index (χ4v) is 2.96. The van der Waals surface area contributed by atoms with Crippen LogP contribution in [0.25, 0.3) is 0 Å². The van der Waals surface area contributed by atoms with E-state index in [1.54, 1.807) is 0 Å². The maximum absolute atomic E-state index is 3.49. The summed E-state index contributed by atoms with van der Waals surface area (Å²) in [6.07, 6.45) is 2.78. The summed E-state index contributed by atoms with van der Waals surface area (Å²) in [6.45, 7) is 1.16. The van der Waals surface area contributed by atoms with Crippen molar-refractivity contribution in [2.45, 2.75) is 22.5 Å². The lowest BCUT2D eigenvalue weighted by molar-refractivity contribution is 0.923. The molecule has 2 aliphatic rings. The molecule has 1 N–H and O–H groups in total. The van der Waals surface area contributed by atoms with Crippen molar-refractivity contribution in [2.75, 3.05) is 11.9 Å². The summed E-state index contributed by atoms with van der Waals surface area (Å²) in [5.41, 5.74) is 1.32. The number of benzene rings is 1. The van der Waals surface area contributed by atoms with Crippen molar-refractivity contribution in [1.82, 2.24) is 0 Å². The average Bonchev–Trinajstić information content (AvgIpc) is 2.85. The Bertz CT molecular complexity index is 317. The molecule has 1 saturated carbocycles. The summed E-state index contributed by atoms with van der Waals surface area (Å²) in [4.78, 5) is 1.43. The summed E-state index contributed by atoms with van der Waals surface area (Å²) in [7, 11) is 0. The first-order valence-corrected chi connectivity index (χ1v) is 5.22. The molecule has 0 radical (unpaired) electrons. The molecule has 0 saturated heterocycles. The minimum atomic E-state index is 0.578. The Hall–Kier alpha value is -0.630. The van der Waals surface area contributed by atoms with E-state index in [1.807, 2.05) is 0 Å². The lowest BCUT2D eigenvalue weighted by Gasteiger charge is -2.24. The Morgan fingerprint density at radius 1 is 1.25 bits per heavy atom. The number of rotatable bonds is 0. The predicted octanol–water partition coefficient (Wildman–Crippen LogP) is 2.74. The van der Waals surface area contributed by atoms with Gasteiger partial charge in [0.1, 0.15) is 0 Å². The summed E-state index contributed by atoms with van der Waals surface area (Å²) < 4.78 is 0.578. The standard InChI is InChI=1S/C10H11NS/c1-2-4-9-8(3-1)11-7-10(12-9)5-6-10/h1-4,11H,5-7H2. The van der Waals surface area contributed by atoms with Crippen molar-refractivity contribution in [3.63, 3.8) is 0 Å². The van der Waals surface area contributed by atoms with Gasteiger partial charge in [0.2, 0.25) is 0 Å². The quantitative estimate of drug-likeness (QED) is 0.654. The lowest BCUT2D eigenvalue weighted by atomic mass is 10.3. The molecule has 1 spiro atoms. The van der Waals surface area contributed by atoms with E-state index in [2.05, 4.69) is 41.3 Å². The zero-order valence-corrected chi connectivity index (χ0v) is 7.66. The highest BCUT2D eigenvalue weighted by molar-refractivity contribution is 8.01. The Balaban J connectivity index is 2.01. The lowest BCUT2D eigenvalue weighted by Crippen LogP contribution is -2.22. The number of thioether (sulfide) groups is 1. The Labute approximate surface area is 76.6 Å². The van der Waals surface area contributed by atoms with E-state index >= 15 is 0 Å². The molecule has 1 nitrogen and oxygen atoms in total. The minimum Gasteiger partial charge on any atom is -0.383 e. The van der Waals surface area contributed by atoms with Crippen molar-refractivity contribution in [1.29, 1.82) is 0 Å². The van der Waals surface area contributed by atoms with Crippen LogP contribution < -0.4 is 5.32 Å². The summed E-state index contributed by atoms with van der Waals surface area (Å²) in [6, 6.07) is 8.59. The fourth-order valence-electron chi connectivity index (χ4n) is 1.65. The van der Waals surface area contributed by atoms with Crippen LogP contribution in [0.4, 0.5) is 5.69 Å². The maximum atomic E-state index is 3.49. The molecule has 1 aromatic rings. The van der Waals surface area contributed by atoms with E-state index in [-0.39, 0.29) is 0 Å². The van der Waals surface area contributed by atoms with Gasteiger partial charge in [-0.1, -0.05) is 12.1 Å². The first kappa shape index (κ1) is 6.84. The largest absolute Gasteiger partial charge is 0.383 e. The molecule has 0 atom stereocenters. The second kappa shape index (κ2) is 2.19. The van der Waals surface area contributed by atoms with Gasteiger partial charge in [-0.15, -0.1) is 11.8 Å². The van der Waals surface area contributed by atoms with E-state index in [0.717, 1.165) is 6.54 Å². The molecular formula is C10H11NS. The van der Waals surface area contributed by atoms with E-state index in [9.17, 15) is 0 Å². The van der Waals surface area contributed by atoms with Gasteiger partial charge in [0, 0.05) is 21.9 Å². The smallest absolute Gasteiger partial charge is 0.0479 e. The van der Waals surface area contributed by atoms with E-state index in [0.29, 0.717) is 4.75 Å². The van der Waals surface area contributed by atoms with Crippen LogP contribution in [0.3, 0.4) is 0 Å². The van der Waals surface area contributed by atoms with E-state index in [4.69, 9.17) is 0 Å². The minimum absolute atomic E-state index is 0.578. The Kier molecular flexibility index (Phi) is 1.25. The number of fused-ring (bicyclic) bond motifs is 1. The van der Waals surface area contributed by atoms with Crippen molar-refractivity contribution in [3.05, 3.63) is 24.3 Å². The van der Waals surface area contributed by atoms with Gasteiger partial charge >= 0.3 is 0 Å². The van der Waals surface area contributed by atoms with Gasteiger partial charge in [0.15, 0.2) is 0 Å². The maximum Gasteiger partial charge on any atom is 0.0479 e. The number of anilines is 1. The highest BCUT2D eigenvalue weighted by atomic mass is 32.2. The zero-order chi connectivity index (χ0) is 8.02. The Morgan fingerprint density at radius 3 is 2.92 bits per heavy atom. The van der Waals surface area contributed by atoms with E-state index in [1.165, 1.54) is 23.4 Å². The van der Waals surface area contributed by atoms with Crippen LogP contribution in [0.1, 0.15) is 12.8 Å². The molecule has 0 unspecified atom stereocenters. The van der Waals surface area contributed by atoms with Gasteiger partial charge in [-0.05, 0) is 25.0 Å². The highest BCUT2D eigenvalue weighted by Crippen LogP contribution is 2.55. The SMILES string of the molecule is c1ccc2c(c1)NCC1(CC1)S2. The van der Waals surface area contributed by atoms with Gasteiger partial charge < -0.3 is 5.32 Å². The number of nitrogens with one attached hydrogen (secondary N) is 1. The molecule has 0 amide bonds. The third kappa shape index (κ3) is 0.944. The molecule has 1 aliphatic heterocycles. The summed E-state index contributed by atoms with van der Waals surface area (Å²) >= 11 is 2.06. The molecule has 0 aromatic heterocycles. The first-order chi connectivity index (χ1) is 5.88. The molecule has 12 heavy (non-hydrogen) atoms. The number of hydrogen-bond donors (Lipinski definition) is 1. The normalized spacial score (nSPS) is 23.0. The summed E-state index contributed by atoms with van der Waals surface area (Å²) in [5, 5.41) is 3.49. The molecule has 62 valence electrons. The van der Waals surface area contributed by atoms with E-state index < -0.39 is 0 Å². The third-order valence-electron chi connectivity index (χ3n) is 2.62. The molecular weight excluding hydrogens is 166 g/mol. The van der Waals surface area contributed by atoms with Crippen LogP contribution >= 0.6 is 11.8 Å². The fraction of sp³-hybridized carbons (Fsp3) is 0.400. The number of para-hydroxylation sites is 1. The zero-order valence-electron chi connectivity index (χ0n) is 6.84. The predicted molar refractivity (Wildman–Crippen MR) is 52.8 cm³/mol. The number of hydrogen-bond acceptors (Lipinski definition) is 2. The monoisotopic (exact) mass is 177 g/mol. The average molecular weight is 177 g/mol. The summed E-state index contributed by atoms with van der Waals surface area (Å²) in [5.74, 6) is 0. The van der Waals surface area contributed by atoms with Crippen LogP contribution in [0.2, 0.25) is 0 Å². The van der Waals surface area contributed by atoms with Gasteiger partial charge in [-0.2, -0.15) is 0 Å². The molecule has 0 bridgehead atoms. The second-order valence-corrected chi connectivity index (χ2v) is 5.14. The second-order valence-electron chi connectivity index (χ2n) is 3.63. The van der Waals surface area contributed by atoms with Crippen molar-refractivity contribution < 1.29 is 0 Å². The first-order valence-electron chi connectivity index (χ1n) is 4.40. The topological polar surface area (TPSA) is 12.0 Å². The van der Waals surface area contributed by atoms with Crippen LogP contribution in [-0.2, 0) is 0 Å². The molecule has 1 fully saturated rings. The van der Waals surface area contributed by atoms with Gasteiger partial charge in [-0.3, -0.25) is 0 Å². The molecule has 3 rings (SSSR count). The van der Waals surface area contributed by atoms with Crippen molar-refractivity contribution in [3.8, 4) is 0 Å². The van der Waals surface area contributed by atoms with Crippen LogP contribution in [0.5, 0.6) is 0 Å². The van der Waals surface area contributed by atoms with Gasteiger partial charge in [0.25, 0.3) is 0 Å². The highest BCUT2D eigenvalue weighted by Gasteiger charge is 2.45. The van der Waals surface area contributed by atoms with Crippen LogP contribution in [0, 0.1) is 0 Å². The Morgan fingerprint density at radius 2 is 2.08 bits per heavy atom. The molecule has 1 aliphatic carbocycles. The molecule has 1 aromatic carbocycles. The van der Waals surface area contributed by atoms with Crippen LogP contribution in [-0.4, -0.2) is 11.3 Å². The molecule has 1 heterocycles.